The van der Waals surface area contributed by atoms with Gasteiger partial charge in [-0.25, -0.2) is 0 Å². The van der Waals surface area contributed by atoms with Crippen molar-refractivity contribution in [3.8, 4) is 5.75 Å². The van der Waals surface area contributed by atoms with Gasteiger partial charge in [-0.05, 0) is 12.5 Å². The third-order valence-electron chi connectivity index (χ3n) is 2.90. The molecule has 0 heterocycles. The van der Waals surface area contributed by atoms with E-state index < -0.39 is 0 Å². The Hall–Kier alpha value is -1.10. The Balaban J connectivity index is 2.46. The second-order valence-corrected chi connectivity index (χ2v) is 5.05. The van der Waals surface area contributed by atoms with E-state index in [1.807, 2.05) is 0 Å². The molecule has 20 heavy (non-hydrogen) atoms. The summed E-state index contributed by atoms with van der Waals surface area (Å²) < 4.78 is 16.2. The van der Waals surface area contributed by atoms with Crippen LogP contribution in [0.4, 0.5) is 0 Å². The van der Waals surface area contributed by atoms with Gasteiger partial charge in [0.25, 0.3) is 0 Å². The molecule has 0 radical (unpaired) electrons. The van der Waals surface area contributed by atoms with Crippen molar-refractivity contribution in [1.29, 1.82) is 0 Å². The lowest BCUT2D eigenvalue weighted by Gasteiger charge is -2.16. The second kappa shape index (κ2) is 9.75. The summed E-state index contributed by atoms with van der Waals surface area (Å²) in [6.07, 6.45) is 0. The number of methoxy groups -OCH3 is 1. The number of para-hydroxylation sites is 1. The van der Waals surface area contributed by atoms with Crippen LogP contribution in [0.1, 0.15) is 25.0 Å². The first-order chi connectivity index (χ1) is 9.65. The van der Waals surface area contributed by atoms with Crippen molar-refractivity contribution in [1.82, 2.24) is 5.32 Å². The van der Waals surface area contributed by atoms with Gasteiger partial charge in [0.2, 0.25) is 0 Å². The third kappa shape index (κ3) is 6.37. The quantitative estimate of drug-likeness (QED) is 0.669. The van der Waals surface area contributed by atoms with E-state index in [1.165, 1.54) is 5.56 Å². The molecule has 4 nitrogen and oxygen atoms in total. The van der Waals surface area contributed by atoms with Crippen molar-refractivity contribution in [2.24, 2.45) is 0 Å². The summed E-state index contributed by atoms with van der Waals surface area (Å²) in [5.41, 5.74) is 2.35. The molecule has 1 aromatic carbocycles. The Kier molecular flexibility index (Phi) is 8.26. The number of aryl methyl sites for hydroxylation is 1. The number of nitrogens with one attached hydrogen (secondary N) is 1. The molecule has 0 saturated carbocycles. The van der Waals surface area contributed by atoms with Gasteiger partial charge in [-0.1, -0.05) is 32.0 Å². The van der Waals surface area contributed by atoms with Gasteiger partial charge in [-0.3, -0.25) is 0 Å². The molecule has 4 heteroatoms. The molecule has 0 fully saturated rings. The first-order valence-corrected chi connectivity index (χ1v) is 7.16. The molecule has 0 unspecified atom stereocenters. The van der Waals surface area contributed by atoms with Crippen molar-refractivity contribution in [2.75, 3.05) is 33.5 Å². The summed E-state index contributed by atoms with van der Waals surface area (Å²) in [5.74, 6) is 0.969. The fourth-order valence-electron chi connectivity index (χ4n) is 1.82. The van der Waals surface area contributed by atoms with Crippen LogP contribution in [0.2, 0.25) is 0 Å². The molecule has 114 valence electrons. The SMILES string of the molecule is COCCOCCOc1c(C)cccc1CNC(C)C. The first-order valence-electron chi connectivity index (χ1n) is 7.16. The average molecular weight is 281 g/mol. The normalized spacial score (nSPS) is 11.1. The fraction of sp³-hybridized carbons (Fsp3) is 0.625. The number of rotatable bonds is 10. The zero-order valence-corrected chi connectivity index (χ0v) is 13.1. The van der Waals surface area contributed by atoms with Crippen molar-refractivity contribution in [3.05, 3.63) is 29.3 Å². The van der Waals surface area contributed by atoms with Crippen molar-refractivity contribution < 1.29 is 14.2 Å². The molecule has 1 rings (SSSR count). The number of hydrogen-bond acceptors (Lipinski definition) is 4. The second-order valence-electron chi connectivity index (χ2n) is 5.05. The van der Waals surface area contributed by atoms with E-state index in [1.54, 1.807) is 7.11 Å². The molecular formula is C16H27NO3. The van der Waals surface area contributed by atoms with Gasteiger partial charge in [0.1, 0.15) is 12.4 Å². The number of benzene rings is 1. The Morgan fingerprint density at radius 1 is 1.10 bits per heavy atom. The number of hydrogen-bond donors (Lipinski definition) is 1. The van der Waals surface area contributed by atoms with Crippen LogP contribution in [0, 0.1) is 6.92 Å². The van der Waals surface area contributed by atoms with Crippen LogP contribution >= 0.6 is 0 Å². The minimum Gasteiger partial charge on any atom is -0.491 e. The van der Waals surface area contributed by atoms with Gasteiger partial charge in [-0.15, -0.1) is 0 Å². The Labute approximate surface area is 122 Å². The largest absolute Gasteiger partial charge is 0.491 e. The fourth-order valence-corrected chi connectivity index (χ4v) is 1.82. The zero-order chi connectivity index (χ0) is 14.8. The van der Waals surface area contributed by atoms with E-state index in [0.717, 1.165) is 17.9 Å². The van der Waals surface area contributed by atoms with E-state index in [4.69, 9.17) is 14.2 Å². The molecule has 0 atom stereocenters. The lowest BCUT2D eigenvalue weighted by Crippen LogP contribution is -2.22. The molecule has 0 aliphatic rings. The van der Waals surface area contributed by atoms with Crippen LogP contribution in [-0.4, -0.2) is 39.6 Å². The topological polar surface area (TPSA) is 39.7 Å². The summed E-state index contributed by atoms with van der Waals surface area (Å²) >= 11 is 0. The predicted molar refractivity (Wildman–Crippen MR) is 81.3 cm³/mol. The molecule has 0 aromatic heterocycles. The molecule has 0 spiro atoms. The van der Waals surface area contributed by atoms with Crippen LogP contribution in [0.5, 0.6) is 5.75 Å². The van der Waals surface area contributed by atoms with Gasteiger partial charge in [0.15, 0.2) is 0 Å². The van der Waals surface area contributed by atoms with Crippen molar-refractivity contribution >= 4 is 0 Å². The highest BCUT2D eigenvalue weighted by Gasteiger charge is 2.07. The molecule has 0 aliphatic heterocycles. The summed E-state index contributed by atoms with van der Waals surface area (Å²) in [6, 6.07) is 6.69. The monoisotopic (exact) mass is 281 g/mol. The zero-order valence-electron chi connectivity index (χ0n) is 13.1. The van der Waals surface area contributed by atoms with E-state index in [0.29, 0.717) is 32.5 Å². The van der Waals surface area contributed by atoms with E-state index >= 15 is 0 Å². The Morgan fingerprint density at radius 2 is 1.85 bits per heavy atom. The maximum Gasteiger partial charge on any atom is 0.126 e. The Bertz CT molecular complexity index is 380. The predicted octanol–water partition coefficient (Wildman–Crippen LogP) is 2.53. The van der Waals surface area contributed by atoms with Crippen LogP contribution in [-0.2, 0) is 16.0 Å². The summed E-state index contributed by atoms with van der Waals surface area (Å²) in [4.78, 5) is 0. The summed E-state index contributed by atoms with van der Waals surface area (Å²) in [6.45, 7) is 9.53. The van der Waals surface area contributed by atoms with Gasteiger partial charge in [0, 0.05) is 25.3 Å². The molecular weight excluding hydrogens is 254 g/mol. The van der Waals surface area contributed by atoms with Crippen LogP contribution < -0.4 is 10.1 Å². The van der Waals surface area contributed by atoms with Crippen LogP contribution in [0.3, 0.4) is 0 Å². The third-order valence-corrected chi connectivity index (χ3v) is 2.90. The highest BCUT2D eigenvalue weighted by molar-refractivity contribution is 5.40. The maximum absolute atomic E-state index is 5.87. The summed E-state index contributed by atoms with van der Waals surface area (Å²) in [7, 11) is 1.67. The Morgan fingerprint density at radius 3 is 2.55 bits per heavy atom. The minimum absolute atomic E-state index is 0.459. The number of ether oxygens (including phenoxy) is 3. The van der Waals surface area contributed by atoms with Crippen molar-refractivity contribution in [3.63, 3.8) is 0 Å². The minimum atomic E-state index is 0.459. The van der Waals surface area contributed by atoms with E-state index in [2.05, 4.69) is 44.3 Å². The average Bonchev–Trinajstić information content (AvgIpc) is 2.42. The molecule has 0 amide bonds. The van der Waals surface area contributed by atoms with Crippen molar-refractivity contribution in [2.45, 2.75) is 33.4 Å². The lowest BCUT2D eigenvalue weighted by atomic mass is 10.1. The highest BCUT2D eigenvalue weighted by Crippen LogP contribution is 2.23. The van der Waals surface area contributed by atoms with Gasteiger partial charge in [-0.2, -0.15) is 0 Å². The van der Waals surface area contributed by atoms with Gasteiger partial charge >= 0.3 is 0 Å². The van der Waals surface area contributed by atoms with Gasteiger partial charge < -0.3 is 19.5 Å². The van der Waals surface area contributed by atoms with Crippen LogP contribution in [0.25, 0.3) is 0 Å². The van der Waals surface area contributed by atoms with Crippen LogP contribution in [0.15, 0.2) is 18.2 Å². The first kappa shape index (κ1) is 17.0. The highest BCUT2D eigenvalue weighted by atomic mass is 16.5. The molecule has 1 aromatic rings. The standard InChI is InChI=1S/C16H27NO3/c1-13(2)17-12-15-7-5-6-14(3)16(15)20-11-10-19-9-8-18-4/h5-7,13,17H,8-12H2,1-4H3. The smallest absolute Gasteiger partial charge is 0.126 e. The maximum atomic E-state index is 5.87. The van der Waals surface area contributed by atoms with Gasteiger partial charge in [0.05, 0.1) is 19.8 Å². The lowest BCUT2D eigenvalue weighted by molar-refractivity contribution is 0.0541. The van der Waals surface area contributed by atoms with E-state index in [9.17, 15) is 0 Å². The van der Waals surface area contributed by atoms with E-state index in [-0.39, 0.29) is 0 Å². The molecule has 0 saturated heterocycles. The molecule has 1 N–H and O–H groups in total. The molecule has 0 aliphatic carbocycles. The summed E-state index contributed by atoms with van der Waals surface area (Å²) in [5, 5.41) is 3.42. The molecule has 0 bridgehead atoms.